The second-order valence-corrected chi connectivity index (χ2v) is 10.6. The molecule has 1 aromatic heterocycles. The molecule has 0 atom stereocenters. The predicted octanol–water partition coefficient (Wildman–Crippen LogP) is 3.20. The lowest BCUT2D eigenvalue weighted by Crippen LogP contribution is -2.40. The molecule has 10 heteroatoms. The van der Waals surface area contributed by atoms with Crippen molar-refractivity contribution in [1.82, 2.24) is 24.5 Å². The number of hydrogen-bond donors (Lipinski definition) is 6. The molecule has 3 aromatic rings. The van der Waals surface area contributed by atoms with Crippen molar-refractivity contribution in [2.75, 3.05) is 18.4 Å². The first-order valence-corrected chi connectivity index (χ1v) is 13.3. The number of phenols is 1. The normalized spacial score (nSPS) is 16.3. The van der Waals surface area contributed by atoms with E-state index in [1.807, 2.05) is 42.2 Å². The zero-order valence-electron chi connectivity index (χ0n) is 19.2. The first kappa shape index (κ1) is 23.4. The highest BCUT2D eigenvalue weighted by Crippen LogP contribution is 2.41. The van der Waals surface area contributed by atoms with E-state index in [1.54, 1.807) is 24.3 Å². The predicted molar refractivity (Wildman–Crippen MR) is 146 cm³/mol. The van der Waals surface area contributed by atoms with Gasteiger partial charge in [-0.2, -0.15) is 8.76 Å². The number of aromatic hydroxyl groups is 1. The minimum Gasteiger partial charge on any atom is -0.508 e. The van der Waals surface area contributed by atoms with Crippen LogP contribution < -0.4 is 21.6 Å². The number of phenolic OH excluding ortho intramolecular Hbond substituents is 1. The van der Waals surface area contributed by atoms with Crippen LogP contribution in [0, 0.1) is 13.8 Å². The van der Waals surface area contributed by atoms with Gasteiger partial charge in [-0.15, -0.1) is 0 Å². The summed E-state index contributed by atoms with van der Waals surface area (Å²) < 4.78 is 4.07. The van der Waals surface area contributed by atoms with Crippen LogP contribution in [0.3, 0.4) is 0 Å². The van der Waals surface area contributed by atoms with Crippen LogP contribution >= 0.6 is 21.0 Å². The van der Waals surface area contributed by atoms with Gasteiger partial charge in [0.25, 0.3) is 11.8 Å². The van der Waals surface area contributed by atoms with Crippen LogP contribution in [0.25, 0.3) is 22.8 Å². The molecule has 3 heterocycles. The fourth-order valence-electron chi connectivity index (χ4n) is 4.37. The number of fused-ring (bicyclic) bond motifs is 1. The standard InChI is InChI=1S/C25H25IN6O3/c1-14-21(29-15(2)22(14)25(35)27-9-10-32-26-13-28-31-32)12-19-23-18(16-5-3-6-17(33)11-16)7-4-8-20(23)30-24(19)34/h3-8,11-13,28-29,31,33H,9-10H2,1-2H3,(H,27,35)(H,30,34)/b19-12-. The molecular weight excluding hydrogens is 559 g/mol. The number of aromatic nitrogens is 1. The van der Waals surface area contributed by atoms with Crippen LogP contribution in [0.1, 0.15) is 32.9 Å². The van der Waals surface area contributed by atoms with E-state index in [0.29, 0.717) is 35.6 Å². The average molecular weight is 584 g/mol. The number of hydrazine groups is 2. The Morgan fingerprint density at radius 1 is 1.20 bits per heavy atom. The highest BCUT2D eigenvalue weighted by molar-refractivity contribution is 14.2. The monoisotopic (exact) mass is 584 g/mol. The van der Waals surface area contributed by atoms with Crippen molar-refractivity contribution >= 4 is 54.3 Å². The highest BCUT2D eigenvalue weighted by Gasteiger charge is 2.28. The van der Waals surface area contributed by atoms with Crippen LogP contribution in [-0.2, 0) is 4.79 Å². The van der Waals surface area contributed by atoms with E-state index >= 15 is 0 Å². The molecule has 5 rings (SSSR count). The summed E-state index contributed by atoms with van der Waals surface area (Å²) in [6.07, 6.45) is 1.80. The molecule has 2 amide bonds. The maximum atomic E-state index is 13.0. The second-order valence-electron chi connectivity index (χ2n) is 8.26. The Morgan fingerprint density at radius 2 is 2.03 bits per heavy atom. The molecule has 0 bridgehead atoms. The van der Waals surface area contributed by atoms with Crippen LogP contribution in [0.15, 0.2) is 42.5 Å². The molecule has 180 valence electrons. The average Bonchev–Trinajstić information content (AvgIpc) is 3.52. The summed E-state index contributed by atoms with van der Waals surface area (Å²) in [5.74, 6) is -0.199. The molecule has 0 aliphatic carbocycles. The molecule has 0 saturated heterocycles. The molecule has 0 radical (unpaired) electrons. The summed E-state index contributed by atoms with van der Waals surface area (Å²) in [6.45, 7) is 4.96. The minimum absolute atomic E-state index is 0.146. The van der Waals surface area contributed by atoms with E-state index in [1.165, 1.54) is 0 Å². The molecule has 2 aliphatic rings. The number of hydrogen-bond acceptors (Lipinski definition) is 6. The van der Waals surface area contributed by atoms with E-state index in [2.05, 4.69) is 29.8 Å². The number of aromatic amines is 1. The third-order valence-electron chi connectivity index (χ3n) is 5.98. The third-order valence-corrected chi connectivity index (χ3v) is 7.96. The largest absolute Gasteiger partial charge is 0.508 e. The lowest BCUT2D eigenvalue weighted by Gasteiger charge is -2.12. The van der Waals surface area contributed by atoms with Gasteiger partial charge < -0.3 is 20.7 Å². The Labute approximate surface area is 212 Å². The van der Waals surface area contributed by atoms with Gasteiger partial charge in [-0.25, -0.2) is 5.43 Å². The molecule has 35 heavy (non-hydrogen) atoms. The number of aryl methyl sites for hydroxylation is 1. The van der Waals surface area contributed by atoms with Gasteiger partial charge in [-0.05, 0) is 75.8 Å². The molecular formula is C25H25IN6O3. The maximum Gasteiger partial charge on any atom is 0.256 e. The fourth-order valence-corrected chi connectivity index (χ4v) is 5.78. The number of benzene rings is 2. The first-order valence-electron chi connectivity index (χ1n) is 11.1. The molecule has 6 N–H and O–H groups in total. The number of rotatable bonds is 6. The summed E-state index contributed by atoms with van der Waals surface area (Å²) in [7, 11) is 0. The van der Waals surface area contributed by atoms with Gasteiger partial charge in [0.2, 0.25) is 0 Å². The Kier molecular flexibility index (Phi) is 6.52. The summed E-state index contributed by atoms with van der Waals surface area (Å²) in [4.78, 5) is 29.2. The number of anilines is 1. The van der Waals surface area contributed by atoms with E-state index in [9.17, 15) is 14.7 Å². The Hall–Kier alpha value is -3.32. The van der Waals surface area contributed by atoms with Crippen molar-refractivity contribution in [2.24, 2.45) is 0 Å². The lowest BCUT2D eigenvalue weighted by molar-refractivity contribution is -0.110. The second kappa shape index (κ2) is 9.74. The zero-order valence-corrected chi connectivity index (χ0v) is 21.4. The van der Waals surface area contributed by atoms with Crippen molar-refractivity contribution in [1.29, 1.82) is 0 Å². The van der Waals surface area contributed by atoms with E-state index in [0.717, 1.165) is 27.9 Å². The number of nitrogens with one attached hydrogen (secondary N) is 5. The van der Waals surface area contributed by atoms with Gasteiger partial charge >= 0.3 is 0 Å². The first-order chi connectivity index (χ1) is 16.9. The van der Waals surface area contributed by atoms with Gasteiger partial charge in [0.1, 0.15) is 5.75 Å². The number of nitrogens with zero attached hydrogens (tertiary/aromatic N) is 1. The van der Waals surface area contributed by atoms with Gasteiger partial charge in [0, 0.05) is 39.9 Å². The van der Waals surface area contributed by atoms with Gasteiger partial charge in [0.05, 0.1) is 11.1 Å². The molecule has 2 aliphatic heterocycles. The summed E-state index contributed by atoms with van der Waals surface area (Å²) in [6, 6.07) is 12.6. The van der Waals surface area contributed by atoms with Crippen LogP contribution in [0.5, 0.6) is 5.75 Å². The summed E-state index contributed by atoms with van der Waals surface area (Å²) >= 11 is -0.207. The fraction of sp³-hybridized carbons (Fsp3) is 0.160. The molecule has 0 fully saturated rings. The van der Waals surface area contributed by atoms with Crippen molar-refractivity contribution in [2.45, 2.75) is 13.8 Å². The van der Waals surface area contributed by atoms with Crippen molar-refractivity contribution in [3.8, 4) is 16.9 Å². The van der Waals surface area contributed by atoms with Crippen molar-refractivity contribution < 1.29 is 14.7 Å². The van der Waals surface area contributed by atoms with Crippen molar-refractivity contribution in [3.63, 3.8) is 0 Å². The molecule has 2 aromatic carbocycles. The smallest absolute Gasteiger partial charge is 0.256 e. The van der Waals surface area contributed by atoms with Gasteiger partial charge in [-0.3, -0.25) is 9.59 Å². The number of H-pyrrole nitrogens is 1. The number of carbonyl (C=O) groups excluding carboxylic acids is 2. The SMILES string of the molecule is Cc1[nH]c(/C=C2\C(=O)Nc3cccc(-c4cccc(O)c4)c32)c(C)c1C(=O)NCCN1NNC=I1. The maximum absolute atomic E-state index is 13.0. The van der Waals surface area contributed by atoms with Gasteiger partial charge in [-0.1, -0.05) is 24.3 Å². The number of amides is 2. The zero-order chi connectivity index (χ0) is 24.5. The Bertz CT molecular complexity index is 1390. The molecule has 0 spiro atoms. The van der Waals surface area contributed by atoms with Crippen LogP contribution in [-0.4, -0.2) is 42.4 Å². The molecule has 9 nitrogen and oxygen atoms in total. The minimum atomic E-state index is -0.211. The van der Waals surface area contributed by atoms with E-state index in [4.69, 9.17) is 0 Å². The molecule has 0 saturated carbocycles. The summed E-state index contributed by atoms with van der Waals surface area (Å²) in [5, 5.41) is 15.9. The van der Waals surface area contributed by atoms with Crippen LogP contribution in [0.2, 0.25) is 0 Å². The Balaban J connectivity index is 1.46. The topological polar surface area (TPSA) is 122 Å². The van der Waals surface area contributed by atoms with E-state index < -0.39 is 0 Å². The van der Waals surface area contributed by atoms with Gasteiger partial charge in [0.15, 0.2) is 0 Å². The Morgan fingerprint density at radius 3 is 2.80 bits per heavy atom. The third kappa shape index (κ3) is 4.65. The quantitative estimate of drug-likeness (QED) is 0.151. The summed E-state index contributed by atoms with van der Waals surface area (Å²) in [5.41, 5.74) is 12.4. The molecule has 0 unspecified atom stereocenters. The number of carbonyl (C=O) groups is 2. The number of halogens is 1. The van der Waals surface area contributed by atoms with Crippen molar-refractivity contribution in [3.05, 3.63) is 70.5 Å². The highest BCUT2D eigenvalue weighted by atomic mass is 127. The van der Waals surface area contributed by atoms with Crippen LogP contribution in [0.4, 0.5) is 5.69 Å². The lowest BCUT2D eigenvalue weighted by atomic mass is 9.94. The van der Waals surface area contributed by atoms with E-state index in [-0.39, 0.29) is 38.6 Å².